The highest BCUT2D eigenvalue weighted by atomic mass is 15.1. The lowest BCUT2D eigenvalue weighted by molar-refractivity contribution is 0.187. The number of rotatable bonds is 8. The van der Waals surface area contributed by atoms with Crippen LogP contribution in [0.25, 0.3) is 22.3 Å². The number of aromatic nitrogens is 2. The maximum atomic E-state index is 4.26. The number of hydrogen-bond donors (Lipinski definition) is 0. The predicted octanol–water partition coefficient (Wildman–Crippen LogP) is 7.39. The molecule has 34 heavy (non-hydrogen) atoms. The normalized spacial score (nSPS) is 14.4. The largest absolute Gasteiger partial charge is 0.295 e. The number of benzene rings is 2. The molecule has 1 saturated carbocycles. The zero-order chi connectivity index (χ0) is 23.0. The third-order valence-corrected chi connectivity index (χ3v) is 6.95. The van der Waals surface area contributed by atoms with Crippen LogP contribution < -0.4 is 0 Å². The van der Waals surface area contributed by atoms with Gasteiger partial charge >= 0.3 is 0 Å². The van der Waals surface area contributed by atoms with Gasteiger partial charge in [-0.1, -0.05) is 79.9 Å². The van der Waals surface area contributed by atoms with Gasteiger partial charge in [0.2, 0.25) is 0 Å². The maximum absolute atomic E-state index is 4.26. The molecule has 5 rings (SSSR count). The zero-order valence-corrected chi connectivity index (χ0v) is 19.8. The van der Waals surface area contributed by atoms with Gasteiger partial charge in [0.1, 0.15) is 0 Å². The summed E-state index contributed by atoms with van der Waals surface area (Å²) in [6.07, 6.45) is 14.4. The predicted molar refractivity (Wildman–Crippen MR) is 140 cm³/mol. The molecule has 0 saturated heterocycles. The van der Waals surface area contributed by atoms with Gasteiger partial charge in [0.25, 0.3) is 0 Å². The first-order valence-electron chi connectivity index (χ1n) is 12.5. The van der Waals surface area contributed by atoms with Crippen molar-refractivity contribution in [3.05, 3.63) is 109 Å². The van der Waals surface area contributed by atoms with Gasteiger partial charge in [-0.15, -0.1) is 0 Å². The van der Waals surface area contributed by atoms with Crippen LogP contribution in [0.15, 0.2) is 97.6 Å². The summed E-state index contributed by atoms with van der Waals surface area (Å²) in [4.78, 5) is 11.2. The van der Waals surface area contributed by atoms with Gasteiger partial charge in [-0.05, 0) is 64.3 Å². The van der Waals surface area contributed by atoms with Crippen LogP contribution in [0.1, 0.15) is 43.2 Å². The first-order chi connectivity index (χ1) is 16.8. The van der Waals surface area contributed by atoms with Gasteiger partial charge in [-0.25, -0.2) is 0 Å². The van der Waals surface area contributed by atoms with Crippen molar-refractivity contribution in [3.63, 3.8) is 0 Å². The molecule has 172 valence electrons. The molecule has 4 aromatic rings. The van der Waals surface area contributed by atoms with Gasteiger partial charge in [0.05, 0.1) is 0 Å². The smallest absolute Gasteiger partial charge is 0.0346 e. The van der Waals surface area contributed by atoms with E-state index in [4.69, 9.17) is 0 Å². The van der Waals surface area contributed by atoms with E-state index in [1.165, 1.54) is 72.0 Å². The van der Waals surface area contributed by atoms with Crippen molar-refractivity contribution in [1.82, 2.24) is 14.9 Å². The molecule has 0 unspecified atom stereocenters. The third kappa shape index (κ3) is 5.98. The molecule has 2 heterocycles. The highest BCUT2D eigenvalue weighted by Gasteiger charge is 2.18. The fraction of sp³-hybridized carbons (Fsp3) is 0.290. The van der Waals surface area contributed by atoms with E-state index in [0.29, 0.717) is 0 Å². The maximum Gasteiger partial charge on any atom is 0.0346 e. The molecule has 3 heteroatoms. The first-order valence-corrected chi connectivity index (χ1v) is 12.5. The summed E-state index contributed by atoms with van der Waals surface area (Å²) in [5, 5.41) is 0. The SMILES string of the molecule is c1cncc(-c2ccc(CN(Cc3ccc(-c4cccnc4)cc3)CC3CCCCC3)cc2)c1. The molecule has 0 atom stereocenters. The highest BCUT2D eigenvalue weighted by Crippen LogP contribution is 2.27. The molecular weight excluding hydrogens is 414 g/mol. The van der Waals surface area contributed by atoms with Crippen molar-refractivity contribution in [3.8, 4) is 22.3 Å². The molecule has 3 nitrogen and oxygen atoms in total. The minimum atomic E-state index is 0.818. The molecule has 1 fully saturated rings. The Kier molecular flexibility index (Phi) is 7.42. The number of nitrogens with zero attached hydrogens (tertiary/aromatic N) is 3. The number of pyridine rings is 2. The summed E-state index contributed by atoms with van der Waals surface area (Å²) in [5.41, 5.74) is 7.53. The van der Waals surface area contributed by atoms with Crippen LogP contribution in [0.2, 0.25) is 0 Å². The average molecular weight is 448 g/mol. The van der Waals surface area contributed by atoms with Crippen LogP contribution in [0, 0.1) is 5.92 Å². The summed E-state index contributed by atoms with van der Waals surface area (Å²) in [6.45, 7) is 3.14. The van der Waals surface area contributed by atoms with Gasteiger partial charge in [0, 0.05) is 44.4 Å². The molecule has 0 radical (unpaired) electrons. The fourth-order valence-electron chi connectivity index (χ4n) is 5.11. The van der Waals surface area contributed by atoms with E-state index < -0.39 is 0 Å². The summed E-state index contributed by atoms with van der Waals surface area (Å²) in [6, 6.07) is 26.3. The van der Waals surface area contributed by atoms with E-state index in [2.05, 4.69) is 75.5 Å². The third-order valence-electron chi connectivity index (χ3n) is 6.95. The molecule has 2 aromatic heterocycles. The second-order valence-electron chi connectivity index (χ2n) is 9.55. The molecule has 0 bridgehead atoms. The van der Waals surface area contributed by atoms with Gasteiger partial charge in [-0.2, -0.15) is 0 Å². The molecule has 0 N–H and O–H groups in total. The van der Waals surface area contributed by atoms with E-state index in [1.807, 2.05) is 36.9 Å². The zero-order valence-electron chi connectivity index (χ0n) is 19.8. The van der Waals surface area contributed by atoms with Crippen LogP contribution in [0.3, 0.4) is 0 Å². The lowest BCUT2D eigenvalue weighted by Crippen LogP contribution is -2.30. The Balaban J connectivity index is 1.30. The van der Waals surface area contributed by atoms with Gasteiger partial charge in [0.15, 0.2) is 0 Å². The van der Waals surface area contributed by atoms with Crippen LogP contribution >= 0.6 is 0 Å². The van der Waals surface area contributed by atoms with Crippen molar-refractivity contribution in [2.24, 2.45) is 5.92 Å². The monoisotopic (exact) mass is 447 g/mol. The summed E-state index contributed by atoms with van der Waals surface area (Å²) >= 11 is 0. The lowest BCUT2D eigenvalue weighted by atomic mass is 9.88. The number of hydrogen-bond acceptors (Lipinski definition) is 3. The van der Waals surface area contributed by atoms with Gasteiger partial charge < -0.3 is 0 Å². The van der Waals surface area contributed by atoms with Crippen molar-refractivity contribution in [1.29, 1.82) is 0 Å². The second-order valence-corrected chi connectivity index (χ2v) is 9.55. The Bertz CT molecular complexity index is 1050. The van der Waals surface area contributed by atoms with Crippen molar-refractivity contribution < 1.29 is 0 Å². The Morgan fingerprint density at radius 1 is 0.588 bits per heavy atom. The molecule has 0 spiro atoms. The van der Waals surface area contributed by atoms with E-state index in [-0.39, 0.29) is 0 Å². The fourth-order valence-corrected chi connectivity index (χ4v) is 5.11. The van der Waals surface area contributed by atoms with Crippen molar-refractivity contribution in [2.45, 2.75) is 45.2 Å². The molecule has 2 aromatic carbocycles. The topological polar surface area (TPSA) is 29.0 Å². The minimum absolute atomic E-state index is 0.818. The molecular formula is C31H33N3. The van der Waals surface area contributed by atoms with Crippen LogP contribution in [0.4, 0.5) is 0 Å². The lowest BCUT2D eigenvalue weighted by Gasteiger charge is -2.30. The van der Waals surface area contributed by atoms with E-state index in [1.54, 1.807) is 0 Å². The minimum Gasteiger partial charge on any atom is -0.295 e. The van der Waals surface area contributed by atoms with Crippen molar-refractivity contribution in [2.75, 3.05) is 6.54 Å². The van der Waals surface area contributed by atoms with Gasteiger partial charge in [-0.3, -0.25) is 14.9 Å². The van der Waals surface area contributed by atoms with E-state index in [0.717, 1.165) is 19.0 Å². The first kappa shape index (κ1) is 22.5. The molecule has 0 amide bonds. The van der Waals surface area contributed by atoms with Crippen LogP contribution in [-0.2, 0) is 13.1 Å². The summed E-state index contributed by atoms with van der Waals surface area (Å²) in [7, 11) is 0. The highest BCUT2D eigenvalue weighted by molar-refractivity contribution is 5.63. The Morgan fingerprint density at radius 3 is 1.53 bits per heavy atom. The Morgan fingerprint density at radius 2 is 1.09 bits per heavy atom. The van der Waals surface area contributed by atoms with Crippen LogP contribution in [-0.4, -0.2) is 21.4 Å². The molecule has 1 aliphatic rings. The standard InChI is InChI=1S/C31H33N3/c1-2-6-25(7-3-1)22-34(23-26-10-14-28(15-11-26)30-8-4-18-32-20-30)24-27-12-16-29(17-13-27)31-9-5-19-33-21-31/h4-5,8-21,25H,1-3,6-7,22-24H2. The summed E-state index contributed by atoms with van der Waals surface area (Å²) in [5.74, 6) is 0.818. The van der Waals surface area contributed by atoms with Crippen molar-refractivity contribution >= 4 is 0 Å². The second kappa shape index (κ2) is 11.2. The average Bonchev–Trinajstić information content (AvgIpc) is 2.91. The van der Waals surface area contributed by atoms with E-state index in [9.17, 15) is 0 Å². The molecule has 1 aliphatic carbocycles. The molecule has 0 aliphatic heterocycles. The Hall–Kier alpha value is -3.30. The van der Waals surface area contributed by atoms with Crippen LogP contribution in [0.5, 0.6) is 0 Å². The summed E-state index contributed by atoms with van der Waals surface area (Å²) < 4.78 is 0. The van der Waals surface area contributed by atoms with E-state index >= 15 is 0 Å². The Labute approximate surface area is 203 Å². The quantitative estimate of drug-likeness (QED) is 0.282.